The molecule has 13 aromatic carbocycles. The second-order valence-electron chi connectivity index (χ2n) is 26.1. The molecule has 6 nitrogen and oxygen atoms in total. The maximum atomic E-state index is 12.1. The Morgan fingerprint density at radius 1 is 0.347 bits per heavy atom. The molecule has 0 atom stereocenters. The first kappa shape index (κ1) is 39.5. The summed E-state index contributed by atoms with van der Waals surface area (Å²) in [5.41, 5.74) is 8.26. The third-order valence-electron chi connectivity index (χ3n) is 18.4. The smallest absolute Gasteiger partial charge is 0.252 e. The van der Waals surface area contributed by atoms with Crippen LogP contribution >= 0.6 is 0 Å². The molecular weight excluding hydrogens is 1150 g/mol. The molecule has 2 aliphatic heterocycles. The Morgan fingerprint density at radius 2 is 0.832 bits per heavy atom. The van der Waals surface area contributed by atoms with Crippen molar-refractivity contribution in [3.05, 3.63) is 307 Å². The summed E-state index contributed by atoms with van der Waals surface area (Å²) >= 11 is 0. The van der Waals surface area contributed by atoms with Gasteiger partial charge in [0.2, 0.25) is 0 Å². The summed E-state index contributed by atoms with van der Waals surface area (Å²) in [4.78, 5) is 3.81. The SMILES string of the molecule is [2H]c1c([2H])c([2H])c(-c2ccc3c(c2)N(c2cc(-c4ccccc4)cc(-c4ccccc4)c2)c2cc(-n4c5c([2H])c([2H])c([2H])c([2H])c5c5c([2H])c([2H])c([2H])c([2H])c54)cc4c2B3c2ccc(-c3cc(C(C)(C)C)cc(C(C)(C)C)c3)cc2N4c2cc(-n3c4c([2H])c([2H])c([2H])c([2H])c4c4c([2H])c(C#N)c([2H])c([2H])c43)ccc2C#N)c([2H])c1[2H]. The summed E-state index contributed by atoms with van der Waals surface area (Å²) in [6.07, 6.45) is 0. The molecule has 0 spiro atoms. The third kappa shape index (κ3) is 9.37. The fourth-order valence-corrected chi connectivity index (χ4v) is 13.8. The predicted octanol–water partition coefficient (Wildman–Crippen LogP) is 21.0. The van der Waals surface area contributed by atoms with Crippen molar-refractivity contribution in [2.75, 3.05) is 9.80 Å². The molecule has 2 aliphatic rings. The summed E-state index contributed by atoms with van der Waals surface area (Å²) in [6, 6.07) is 43.4. The highest BCUT2D eigenvalue weighted by Gasteiger charge is 2.45. The van der Waals surface area contributed by atoms with E-state index in [0.717, 1.165) is 38.9 Å². The van der Waals surface area contributed by atoms with E-state index in [0.29, 0.717) is 44.7 Å². The zero-order valence-electron chi connectivity index (χ0n) is 72.3. The number of rotatable bonds is 8. The Morgan fingerprint density at radius 3 is 1.39 bits per heavy atom. The molecule has 4 heterocycles. The standard InChI is InChI=1S/C88H65BN6/c1-87(2,3)66-44-65(45-67(50-66)88(4,5)6)61-37-40-76-83(49-61)95(81-51-68(38-35-62(81)55-91)92-79-33-21-18-30-73(79)74-42-56(54-90)34-41-80(74)92)85-53-70(93-77-31-19-16-28-71(77)72-29-17-20-32-78(72)93)52-84-86(85)89(76)75-39-36-60(57-22-10-7-11-23-57)48-82(75)94(84)69-46-63(58-24-12-8-13-25-58)43-64(47-69)59-26-14-9-15-27-59/h7-53H,1-6H3/i7D,10D,11D,16D,17D,18D,19D,20D,21D,22D,23D,28D,29D,30D,31D,32D,33D,34D,41D,42D. The van der Waals surface area contributed by atoms with Crippen molar-refractivity contribution in [1.82, 2.24) is 9.13 Å². The number of para-hydroxylation sites is 3. The van der Waals surface area contributed by atoms with Gasteiger partial charge in [0, 0.05) is 55.7 Å². The van der Waals surface area contributed by atoms with Crippen molar-refractivity contribution in [3.63, 3.8) is 0 Å². The van der Waals surface area contributed by atoms with Crippen molar-refractivity contribution in [2.24, 2.45) is 0 Å². The van der Waals surface area contributed by atoms with Gasteiger partial charge in [-0.15, -0.1) is 0 Å². The highest BCUT2D eigenvalue weighted by molar-refractivity contribution is 7.00. The van der Waals surface area contributed by atoms with Crippen molar-refractivity contribution in [3.8, 4) is 68.0 Å². The first-order chi connectivity index (χ1) is 54.6. The molecule has 0 bridgehead atoms. The van der Waals surface area contributed by atoms with E-state index in [-0.39, 0.29) is 93.9 Å². The summed E-state index contributed by atoms with van der Waals surface area (Å²) in [5, 5.41) is 21.7. The number of benzene rings is 13. The zero-order chi connectivity index (χ0) is 81.8. The van der Waals surface area contributed by atoms with Crippen LogP contribution in [0.25, 0.3) is 99.5 Å². The lowest BCUT2D eigenvalue weighted by molar-refractivity contribution is 0.569. The van der Waals surface area contributed by atoms with Crippen LogP contribution in [0.2, 0.25) is 0 Å². The summed E-state index contributed by atoms with van der Waals surface area (Å²) in [5.74, 6) is 0. The molecule has 0 unspecified atom stereocenters. The van der Waals surface area contributed by atoms with Crippen molar-refractivity contribution in [1.29, 1.82) is 10.5 Å². The maximum absolute atomic E-state index is 12.1. The Bertz CT molecular complexity index is 6800. The van der Waals surface area contributed by atoms with Gasteiger partial charge in [0.25, 0.3) is 6.71 Å². The Hall–Kier alpha value is -11.9. The van der Waals surface area contributed by atoms with Crippen LogP contribution in [-0.2, 0) is 10.8 Å². The first-order valence-electron chi connectivity index (χ1n) is 41.2. The second kappa shape index (κ2) is 21.9. The van der Waals surface area contributed by atoms with Crippen LogP contribution in [-0.4, -0.2) is 15.8 Å². The molecule has 0 fully saturated rings. The molecule has 450 valence electrons. The van der Waals surface area contributed by atoms with E-state index in [1.165, 1.54) is 21.3 Å². The molecule has 95 heavy (non-hydrogen) atoms. The lowest BCUT2D eigenvalue weighted by atomic mass is 9.33. The molecule has 0 N–H and O–H groups in total. The fraction of sp³-hybridized carbons (Fsp3) is 0.0909. The van der Waals surface area contributed by atoms with Crippen LogP contribution in [0.1, 0.15) is 91.2 Å². The van der Waals surface area contributed by atoms with Crippen LogP contribution in [0.3, 0.4) is 0 Å². The lowest BCUT2D eigenvalue weighted by Gasteiger charge is -2.45. The summed E-state index contributed by atoms with van der Waals surface area (Å²) in [7, 11) is 0. The van der Waals surface area contributed by atoms with Crippen LogP contribution in [0.15, 0.2) is 285 Å². The number of fused-ring (bicyclic) bond motifs is 10. The van der Waals surface area contributed by atoms with E-state index in [2.05, 4.69) is 65.8 Å². The third-order valence-corrected chi connectivity index (χ3v) is 18.4. The average molecular weight is 1240 g/mol. The van der Waals surface area contributed by atoms with Gasteiger partial charge in [-0.3, -0.25) is 0 Å². The minimum Gasteiger partial charge on any atom is -0.311 e. The van der Waals surface area contributed by atoms with Gasteiger partial charge in [-0.25, -0.2) is 0 Å². The van der Waals surface area contributed by atoms with Gasteiger partial charge >= 0.3 is 0 Å². The predicted molar refractivity (Wildman–Crippen MR) is 398 cm³/mol. The van der Waals surface area contributed by atoms with E-state index in [4.69, 9.17) is 9.60 Å². The largest absolute Gasteiger partial charge is 0.311 e. The van der Waals surface area contributed by atoms with E-state index in [1.807, 2.05) is 119 Å². The molecule has 0 saturated carbocycles. The van der Waals surface area contributed by atoms with Gasteiger partial charge in [0.05, 0.1) is 78.1 Å². The van der Waals surface area contributed by atoms with Gasteiger partial charge in [-0.2, -0.15) is 10.5 Å². The fourth-order valence-electron chi connectivity index (χ4n) is 13.8. The maximum Gasteiger partial charge on any atom is 0.252 e. The lowest BCUT2D eigenvalue weighted by Crippen LogP contribution is -2.61. The number of nitriles is 2. The molecule has 2 aromatic heterocycles. The first-order valence-corrected chi connectivity index (χ1v) is 31.2. The van der Waals surface area contributed by atoms with Crippen LogP contribution in [0.5, 0.6) is 0 Å². The van der Waals surface area contributed by atoms with Gasteiger partial charge in [0.15, 0.2) is 0 Å². The van der Waals surface area contributed by atoms with E-state index >= 15 is 0 Å². The van der Waals surface area contributed by atoms with E-state index in [1.54, 1.807) is 30.3 Å². The van der Waals surface area contributed by atoms with Gasteiger partial charge in [-0.1, -0.05) is 229 Å². The molecule has 0 aliphatic carbocycles. The Kier molecular flexibility index (Phi) is 9.10. The molecule has 0 amide bonds. The van der Waals surface area contributed by atoms with Crippen molar-refractivity contribution < 1.29 is 27.4 Å². The topological polar surface area (TPSA) is 63.9 Å². The van der Waals surface area contributed by atoms with Crippen LogP contribution in [0, 0.1) is 22.7 Å². The highest BCUT2D eigenvalue weighted by atomic mass is 15.2. The van der Waals surface area contributed by atoms with Gasteiger partial charge < -0.3 is 18.9 Å². The monoisotopic (exact) mass is 1240 g/mol. The van der Waals surface area contributed by atoms with Crippen LogP contribution in [0.4, 0.5) is 34.1 Å². The normalized spacial score (nSPS) is 15.6. The zero-order valence-corrected chi connectivity index (χ0v) is 52.3. The number of hydrogen-bond donors (Lipinski definition) is 0. The quantitative estimate of drug-likeness (QED) is 0.142. The van der Waals surface area contributed by atoms with Crippen molar-refractivity contribution in [2.45, 2.75) is 52.4 Å². The number of anilines is 6. The highest BCUT2D eigenvalue weighted by Crippen LogP contribution is 2.50. The van der Waals surface area contributed by atoms with E-state index in [9.17, 15) is 28.3 Å². The van der Waals surface area contributed by atoms with Gasteiger partial charge in [-0.05, 0) is 180 Å². The number of hydrogen-bond acceptors (Lipinski definition) is 4. The van der Waals surface area contributed by atoms with E-state index < -0.39 is 133 Å². The number of nitrogens with zero attached hydrogens (tertiary/aromatic N) is 6. The Labute approximate surface area is 582 Å². The van der Waals surface area contributed by atoms with Crippen LogP contribution < -0.4 is 26.2 Å². The summed E-state index contributed by atoms with van der Waals surface area (Å²) < 4.78 is 191. The number of aromatic nitrogens is 2. The molecule has 17 rings (SSSR count). The minimum atomic E-state index is -0.919. The Balaban J connectivity index is 1.10. The average Bonchev–Trinajstić information content (AvgIpc) is 1.66. The summed E-state index contributed by atoms with van der Waals surface area (Å²) in [6.45, 7) is 11.8. The minimum absolute atomic E-state index is 0.00941. The molecule has 15 aromatic rings. The van der Waals surface area contributed by atoms with Gasteiger partial charge in [0.1, 0.15) is 6.07 Å². The molecule has 0 radical (unpaired) electrons. The molecule has 7 heteroatoms. The van der Waals surface area contributed by atoms with Crippen molar-refractivity contribution >= 4 is 101 Å². The molecule has 0 saturated heterocycles. The second-order valence-corrected chi connectivity index (χ2v) is 26.1. The molecular formula is C88H65BN6.